The summed E-state index contributed by atoms with van der Waals surface area (Å²) in [6.45, 7) is 5.48. The Hall–Kier alpha value is -1.90. The molecule has 0 aliphatic rings. The van der Waals surface area contributed by atoms with Crippen LogP contribution in [0.1, 0.15) is 23.6 Å². The van der Waals surface area contributed by atoms with Crippen molar-refractivity contribution < 1.29 is 4.79 Å². The lowest BCUT2D eigenvalue weighted by atomic mass is 10.0. The Morgan fingerprint density at radius 2 is 1.94 bits per heavy atom. The van der Waals surface area contributed by atoms with E-state index in [0.29, 0.717) is 5.56 Å². The van der Waals surface area contributed by atoms with Crippen LogP contribution in [-0.4, -0.2) is 10.8 Å². The summed E-state index contributed by atoms with van der Waals surface area (Å²) in [6.07, 6.45) is 0.193. The molecule has 0 fully saturated rings. The van der Waals surface area contributed by atoms with Gasteiger partial charge in [-0.05, 0) is 43.9 Å². The summed E-state index contributed by atoms with van der Waals surface area (Å²) in [7, 11) is 0. The Morgan fingerprint density at radius 1 is 1.24 bits per heavy atom. The second-order valence-electron chi connectivity index (χ2n) is 4.55. The summed E-state index contributed by atoms with van der Waals surface area (Å²) in [4.78, 5) is 25.7. The molecule has 88 valence electrons. The van der Waals surface area contributed by atoms with Crippen LogP contribution >= 0.6 is 0 Å². The zero-order valence-corrected chi connectivity index (χ0v) is 10.3. The second kappa shape index (κ2) is 4.17. The van der Waals surface area contributed by atoms with Gasteiger partial charge in [0.05, 0.1) is 5.52 Å². The van der Waals surface area contributed by atoms with Crippen molar-refractivity contribution in [1.29, 1.82) is 0 Å². The largest absolute Gasteiger partial charge is 0.321 e. The van der Waals surface area contributed by atoms with Crippen molar-refractivity contribution in [1.82, 2.24) is 4.98 Å². The number of Topliss-reactive ketones (excluding diaryl/α,β-unsaturated/α-hetero) is 1. The van der Waals surface area contributed by atoms with Gasteiger partial charge in [0.25, 0.3) is 5.56 Å². The van der Waals surface area contributed by atoms with Gasteiger partial charge in [-0.15, -0.1) is 0 Å². The molecule has 0 unspecified atom stereocenters. The van der Waals surface area contributed by atoms with E-state index in [2.05, 4.69) is 4.98 Å². The molecule has 0 bridgehead atoms. The number of aromatic amines is 1. The molecule has 1 aromatic carbocycles. The fourth-order valence-corrected chi connectivity index (χ4v) is 2.13. The summed E-state index contributed by atoms with van der Waals surface area (Å²) >= 11 is 0. The standard InChI is InChI=1S/C14H15NO2/c1-8-4-9(2)13-11(5-8)7-12(6-10(3)16)14(17)15-13/h4-5,7H,6H2,1-3H3,(H,15,17). The molecule has 0 aliphatic heterocycles. The first-order valence-electron chi connectivity index (χ1n) is 5.60. The van der Waals surface area contributed by atoms with Gasteiger partial charge in [-0.1, -0.05) is 11.6 Å². The number of hydrogen-bond acceptors (Lipinski definition) is 2. The van der Waals surface area contributed by atoms with E-state index in [1.165, 1.54) is 6.92 Å². The van der Waals surface area contributed by atoms with Gasteiger partial charge in [-0.25, -0.2) is 0 Å². The third-order valence-corrected chi connectivity index (χ3v) is 2.81. The fourth-order valence-electron chi connectivity index (χ4n) is 2.13. The van der Waals surface area contributed by atoms with Crippen molar-refractivity contribution in [2.24, 2.45) is 0 Å². The predicted octanol–water partition coefficient (Wildman–Crippen LogP) is 2.28. The predicted molar refractivity (Wildman–Crippen MR) is 68.4 cm³/mol. The number of H-pyrrole nitrogens is 1. The number of fused-ring (bicyclic) bond motifs is 1. The lowest BCUT2D eigenvalue weighted by molar-refractivity contribution is -0.116. The monoisotopic (exact) mass is 229 g/mol. The average Bonchev–Trinajstić information content (AvgIpc) is 2.20. The first-order valence-corrected chi connectivity index (χ1v) is 5.60. The molecule has 1 aromatic heterocycles. The van der Waals surface area contributed by atoms with Crippen LogP contribution in [0.25, 0.3) is 10.9 Å². The van der Waals surface area contributed by atoms with E-state index in [0.717, 1.165) is 22.0 Å². The van der Waals surface area contributed by atoms with Gasteiger partial charge < -0.3 is 4.98 Å². The molecular weight excluding hydrogens is 214 g/mol. The number of aryl methyl sites for hydroxylation is 2. The van der Waals surface area contributed by atoms with Crippen LogP contribution in [0.2, 0.25) is 0 Å². The Bertz CT molecular complexity index is 653. The summed E-state index contributed by atoms with van der Waals surface area (Å²) in [5.74, 6) is -0.000718. The van der Waals surface area contributed by atoms with E-state index in [9.17, 15) is 9.59 Å². The summed E-state index contributed by atoms with van der Waals surface area (Å²) < 4.78 is 0. The van der Waals surface area contributed by atoms with Crippen molar-refractivity contribution in [3.8, 4) is 0 Å². The highest BCUT2D eigenvalue weighted by atomic mass is 16.1. The molecule has 2 rings (SSSR count). The Balaban J connectivity index is 2.71. The summed E-state index contributed by atoms with van der Waals surface area (Å²) in [6, 6.07) is 5.86. The zero-order chi connectivity index (χ0) is 12.6. The number of benzene rings is 1. The van der Waals surface area contributed by atoms with Gasteiger partial charge in [0.15, 0.2) is 0 Å². The van der Waals surface area contributed by atoms with Crippen LogP contribution in [0.5, 0.6) is 0 Å². The number of carbonyl (C=O) groups excluding carboxylic acids is 1. The fraction of sp³-hybridized carbons (Fsp3) is 0.286. The van der Waals surface area contributed by atoms with E-state index >= 15 is 0 Å². The molecule has 1 N–H and O–H groups in total. The van der Waals surface area contributed by atoms with Crippen LogP contribution in [0.3, 0.4) is 0 Å². The first-order chi connectivity index (χ1) is 7.97. The smallest absolute Gasteiger partial charge is 0.252 e. The van der Waals surface area contributed by atoms with Gasteiger partial charge in [-0.3, -0.25) is 9.59 Å². The normalized spacial score (nSPS) is 10.8. The first kappa shape index (κ1) is 11.6. The molecule has 2 aromatic rings. The lowest BCUT2D eigenvalue weighted by Gasteiger charge is -2.06. The van der Waals surface area contributed by atoms with Gasteiger partial charge in [-0.2, -0.15) is 0 Å². The Kier molecular flexibility index (Phi) is 2.84. The van der Waals surface area contributed by atoms with Gasteiger partial charge in [0, 0.05) is 12.0 Å². The molecule has 0 spiro atoms. The number of hydrogen-bond donors (Lipinski definition) is 1. The van der Waals surface area contributed by atoms with Crippen molar-refractivity contribution in [3.05, 3.63) is 45.2 Å². The van der Waals surface area contributed by atoms with E-state index in [1.807, 2.05) is 32.0 Å². The molecule has 0 saturated carbocycles. The second-order valence-corrected chi connectivity index (χ2v) is 4.55. The van der Waals surface area contributed by atoms with Crippen LogP contribution in [-0.2, 0) is 11.2 Å². The number of pyridine rings is 1. The quantitative estimate of drug-likeness (QED) is 0.858. The molecule has 17 heavy (non-hydrogen) atoms. The topological polar surface area (TPSA) is 49.9 Å². The highest BCUT2D eigenvalue weighted by Crippen LogP contribution is 2.18. The van der Waals surface area contributed by atoms with Gasteiger partial charge in [0.1, 0.15) is 5.78 Å². The zero-order valence-electron chi connectivity index (χ0n) is 10.3. The SMILES string of the molecule is CC(=O)Cc1cc2cc(C)cc(C)c2[nH]c1=O. The number of rotatable bonds is 2. The van der Waals surface area contributed by atoms with Crippen LogP contribution in [0, 0.1) is 13.8 Å². The molecule has 0 aliphatic carbocycles. The minimum atomic E-state index is -0.167. The van der Waals surface area contributed by atoms with Crippen molar-refractivity contribution in [3.63, 3.8) is 0 Å². The minimum Gasteiger partial charge on any atom is -0.321 e. The molecule has 0 amide bonds. The van der Waals surface area contributed by atoms with Gasteiger partial charge in [0.2, 0.25) is 0 Å². The van der Waals surface area contributed by atoms with E-state index in [-0.39, 0.29) is 17.8 Å². The van der Waals surface area contributed by atoms with E-state index < -0.39 is 0 Å². The number of carbonyl (C=O) groups is 1. The molecule has 0 atom stereocenters. The molecule has 0 radical (unpaired) electrons. The third-order valence-electron chi connectivity index (χ3n) is 2.81. The van der Waals surface area contributed by atoms with Crippen LogP contribution in [0.15, 0.2) is 23.0 Å². The van der Waals surface area contributed by atoms with Crippen molar-refractivity contribution >= 4 is 16.7 Å². The summed E-state index contributed by atoms with van der Waals surface area (Å²) in [5, 5.41) is 0.985. The molecule has 3 nitrogen and oxygen atoms in total. The van der Waals surface area contributed by atoms with Gasteiger partial charge >= 0.3 is 0 Å². The Morgan fingerprint density at radius 3 is 2.59 bits per heavy atom. The van der Waals surface area contributed by atoms with E-state index in [4.69, 9.17) is 0 Å². The highest BCUT2D eigenvalue weighted by molar-refractivity contribution is 5.84. The highest BCUT2D eigenvalue weighted by Gasteiger charge is 2.07. The molecule has 1 heterocycles. The maximum atomic E-state index is 11.8. The van der Waals surface area contributed by atoms with Crippen molar-refractivity contribution in [2.45, 2.75) is 27.2 Å². The Labute approximate surface area is 99.5 Å². The van der Waals surface area contributed by atoms with Crippen LogP contribution in [0.4, 0.5) is 0 Å². The van der Waals surface area contributed by atoms with Crippen LogP contribution < -0.4 is 5.56 Å². The number of aromatic nitrogens is 1. The molecule has 0 saturated heterocycles. The van der Waals surface area contributed by atoms with E-state index in [1.54, 1.807) is 0 Å². The molecular formula is C14H15NO2. The molecule has 3 heteroatoms. The number of ketones is 1. The minimum absolute atomic E-state index is 0.000718. The third kappa shape index (κ3) is 2.28. The average molecular weight is 229 g/mol. The maximum Gasteiger partial charge on any atom is 0.252 e. The lowest BCUT2D eigenvalue weighted by Crippen LogP contribution is -2.15. The maximum absolute atomic E-state index is 11.8. The van der Waals surface area contributed by atoms with Crippen molar-refractivity contribution in [2.75, 3.05) is 0 Å². The number of nitrogens with one attached hydrogen (secondary N) is 1. The summed E-state index contributed by atoms with van der Waals surface area (Å²) in [5.41, 5.74) is 3.42.